The molecule has 1 N–H and O–H groups in total. The number of benzene rings is 1. The quantitative estimate of drug-likeness (QED) is 0.892. The lowest BCUT2D eigenvalue weighted by Crippen LogP contribution is -2.15. The van der Waals surface area contributed by atoms with Crippen molar-refractivity contribution in [3.8, 4) is 11.4 Å². The van der Waals surface area contributed by atoms with Crippen molar-refractivity contribution in [1.29, 1.82) is 0 Å². The molecule has 18 heavy (non-hydrogen) atoms. The third kappa shape index (κ3) is 2.31. The molecule has 0 saturated heterocycles. The van der Waals surface area contributed by atoms with Crippen LogP contribution in [0.1, 0.15) is 24.0 Å². The SMILES string of the molecule is Cc1cc(CNC2CC2)ccc1-c1nccn1C. The van der Waals surface area contributed by atoms with Gasteiger partial charge in [-0.05, 0) is 30.9 Å². The number of hydrogen-bond acceptors (Lipinski definition) is 2. The van der Waals surface area contributed by atoms with Crippen LogP contribution < -0.4 is 5.32 Å². The van der Waals surface area contributed by atoms with Crippen molar-refractivity contribution in [3.05, 3.63) is 41.7 Å². The van der Waals surface area contributed by atoms with Crippen LogP contribution in [0.15, 0.2) is 30.6 Å². The summed E-state index contributed by atoms with van der Waals surface area (Å²) < 4.78 is 2.06. The lowest BCUT2D eigenvalue weighted by Gasteiger charge is -2.09. The molecule has 3 heteroatoms. The van der Waals surface area contributed by atoms with Crippen molar-refractivity contribution in [2.75, 3.05) is 0 Å². The summed E-state index contributed by atoms with van der Waals surface area (Å²) in [5.74, 6) is 1.04. The van der Waals surface area contributed by atoms with Gasteiger partial charge >= 0.3 is 0 Å². The topological polar surface area (TPSA) is 29.9 Å². The van der Waals surface area contributed by atoms with Crippen LogP contribution in [0.25, 0.3) is 11.4 Å². The Labute approximate surface area is 108 Å². The average molecular weight is 241 g/mol. The summed E-state index contributed by atoms with van der Waals surface area (Å²) in [7, 11) is 2.03. The minimum Gasteiger partial charge on any atom is -0.334 e. The van der Waals surface area contributed by atoms with Crippen LogP contribution in [-0.4, -0.2) is 15.6 Å². The zero-order valence-electron chi connectivity index (χ0n) is 11.0. The van der Waals surface area contributed by atoms with Crippen LogP contribution in [0.3, 0.4) is 0 Å². The van der Waals surface area contributed by atoms with Crippen molar-refractivity contribution in [2.24, 2.45) is 7.05 Å². The zero-order chi connectivity index (χ0) is 12.5. The fraction of sp³-hybridized carbons (Fsp3) is 0.400. The molecule has 3 nitrogen and oxygen atoms in total. The van der Waals surface area contributed by atoms with Crippen LogP contribution in [0, 0.1) is 6.92 Å². The van der Waals surface area contributed by atoms with E-state index in [1.54, 1.807) is 0 Å². The van der Waals surface area contributed by atoms with Crippen molar-refractivity contribution in [3.63, 3.8) is 0 Å². The normalized spacial score (nSPS) is 15.0. The van der Waals surface area contributed by atoms with Gasteiger partial charge in [0.25, 0.3) is 0 Å². The fourth-order valence-electron chi connectivity index (χ4n) is 2.26. The summed E-state index contributed by atoms with van der Waals surface area (Å²) in [4.78, 5) is 4.41. The first kappa shape index (κ1) is 11.5. The van der Waals surface area contributed by atoms with Gasteiger partial charge in [-0.15, -0.1) is 0 Å². The van der Waals surface area contributed by atoms with E-state index in [1.807, 2.05) is 19.4 Å². The number of aryl methyl sites for hydroxylation is 2. The first-order valence-corrected chi connectivity index (χ1v) is 6.54. The maximum atomic E-state index is 4.41. The predicted octanol–water partition coefficient (Wildman–Crippen LogP) is 2.65. The summed E-state index contributed by atoms with van der Waals surface area (Å²) in [6.45, 7) is 3.14. The number of imidazole rings is 1. The number of rotatable bonds is 4. The highest BCUT2D eigenvalue weighted by molar-refractivity contribution is 5.61. The largest absolute Gasteiger partial charge is 0.334 e. The Morgan fingerprint density at radius 3 is 2.83 bits per heavy atom. The third-order valence-corrected chi connectivity index (χ3v) is 3.53. The zero-order valence-corrected chi connectivity index (χ0v) is 11.0. The van der Waals surface area contributed by atoms with E-state index in [0.29, 0.717) is 0 Å². The number of aromatic nitrogens is 2. The molecule has 3 rings (SSSR count). The molecular formula is C15H19N3. The van der Waals surface area contributed by atoms with Crippen molar-refractivity contribution in [1.82, 2.24) is 14.9 Å². The predicted molar refractivity (Wildman–Crippen MR) is 73.2 cm³/mol. The Kier molecular flexibility index (Phi) is 2.92. The molecule has 0 amide bonds. The first-order chi connectivity index (χ1) is 8.74. The maximum absolute atomic E-state index is 4.41. The summed E-state index contributed by atoms with van der Waals surface area (Å²) >= 11 is 0. The molecule has 1 aromatic carbocycles. The molecule has 1 aromatic heterocycles. The molecule has 1 aliphatic rings. The Hall–Kier alpha value is -1.61. The molecule has 2 aromatic rings. The van der Waals surface area contributed by atoms with Gasteiger partial charge in [-0.25, -0.2) is 4.98 Å². The lowest BCUT2D eigenvalue weighted by atomic mass is 10.0. The molecule has 0 unspecified atom stereocenters. The van der Waals surface area contributed by atoms with Crippen molar-refractivity contribution < 1.29 is 0 Å². The van der Waals surface area contributed by atoms with E-state index in [0.717, 1.165) is 18.4 Å². The molecule has 1 heterocycles. The summed E-state index contributed by atoms with van der Waals surface area (Å²) in [6, 6.07) is 7.41. The first-order valence-electron chi connectivity index (χ1n) is 6.54. The van der Waals surface area contributed by atoms with Gasteiger partial charge in [0.2, 0.25) is 0 Å². The average Bonchev–Trinajstić information content (AvgIpc) is 3.09. The van der Waals surface area contributed by atoms with Gasteiger partial charge in [-0.1, -0.05) is 18.2 Å². The lowest BCUT2D eigenvalue weighted by molar-refractivity contribution is 0.687. The molecule has 1 saturated carbocycles. The molecule has 1 fully saturated rings. The van der Waals surface area contributed by atoms with Gasteiger partial charge in [-0.2, -0.15) is 0 Å². The molecule has 0 spiro atoms. The molecule has 0 aliphatic heterocycles. The van der Waals surface area contributed by atoms with Gasteiger partial charge in [0.1, 0.15) is 5.82 Å². The Morgan fingerprint density at radius 1 is 1.39 bits per heavy atom. The Bertz CT molecular complexity index is 553. The maximum Gasteiger partial charge on any atom is 0.139 e. The smallest absolute Gasteiger partial charge is 0.139 e. The van der Waals surface area contributed by atoms with Crippen LogP contribution in [0.4, 0.5) is 0 Å². The fourth-order valence-corrected chi connectivity index (χ4v) is 2.26. The molecule has 0 radical (unpaired) electrons. The highest BCUT2D eigenvalue weighted by Crippen LogP contribution is 2.23. The van der Waals surface area contributed by atoms with Crippen LogP contribution >= 0.6 is 0 Å². The second-order valence-electron chi connectivity index (χ2n) is 5.17. The third-order valence-electron chi connectivity index (χ3n) is 3.53. The van der Waals surface area contributed by atoms with Gasteiger partial charge in [0.05, 0.1) is 0 Å². The summed E-state index contributed by atoms with van der Waals surface area (Å²) in [6.07, 6.45) is 6.50. The summed E-state index contributed by atoms with van der Waals surface area (Å²) in [5.41, 5.74) is 3.87. The van der Waals surface area contributed by atoms with E-state index < -0.39 is 0 Å². The minimum absolute atomic E-state index is 0.763. The molecule has 0 bridgehead atoms. The van der Waals surface area contributed by atoms with E-state index in [1.165, 1.54) is 29.5 Å². The van der Waals surface area contributed by atoms with E-state index in [2.05, 4.69) is 40.0 Å². The van der Waals surface area contributed by atoms with Crippen molar-refractivity contribution >= 4 is 0 Å². The van der Waals surface area contributed by atoms with E-state index in [9.17, 15) is 0 Å². The summed E-state index contributed by atoms with van der Waals surface area (Å²) in [5, 5.41) is 3.54. The van der Waals surface area contributed by atoms with Gasteiger partial charge in [0, 0.05) is 37.6 Å². The Balaban J connectivity index is 1.82. The van der Waals surface area contributed by atoms with E-state index in [-0.39, 0.29) is 0 Å². The molecular weight excluding hydrogens is 222 g/mol. The monoisotopic (exact) mass is 241 g/mol. The van der Waals surface area contributed by atoms with Gasteiger partial charge in [0.15, 0.2) is 0 Å². The van der Waals surface area contributed by atoms with Crippen molar-refractivity contribution in [2.45, 2.75) is 32.4 Å². The highest BCUT2D eigenvalue weighted by atomic mass is 15.0. The molecule has 0 atom stereocenters. The van der Waals surface area contributed by atoms with Gasteiger partial charge < -0.3 is 9.88 Å². The number of hydrogen-bond donors (Lipinski definition) is 1. The molecule has 1 aliphatic carbocycles. The standard InChI is InChI=1S/C15H19N3/c1-11-9-12(10-17-13-4-5-13)3-6-14(11)15-16-7-8-18(15)2/h3,6-9,13,17H,4-5,10H2,1-2H3. The van der Waals surface area contributed by atoms with Crippen LogP contribution in [-0.2, 0) is 13.6 Å². The minimum atomic E-state index is 0.763. The molecule has 94 valence electrons. The van der Waals surface area contributed by atoms with Crippen LogP contribution in [0.2, 0.25) is 0 Å². The van der Waals surface area contributed by atoms with Crippen LogP contribution in [0.5, 0.6) is 0 Å². The second kappa shape index (κ2) is 4.58. The van der Waals surface area contributed by atoms with Gasteiger partial charge in [-0.3, -0.25) is 0 Å². The highest BCUT2D eigenvalue weighted by Gasteiger charge is 2.20. The second-order valence-corrected chi connectivity index (χ2v) is 5.17. The number of nitrogens with one attached hydrogen (secondary N) is 1. The Morgan fingerprint density at radius 2 is 2.22 bits per heavy atom. The number of nitrogens with zero attached hydrogens (tertiary/aromatic N) is 2. The van der Waals surface area contributed by atoms with E-state index in [4.69, 9.17) is 0 Å². The van der Waals surface area contributed by atoms with E-state index >= 15 is 0 Å².